The quantitative estimate of drug-likeness (QED) is 0.440. The SMILES string of the molecule is CCc1c(C)sc(NC(=O)c2cc(-c3ccccc3C)nc3ccccc23)c1C(N)=O. The van der Waals surface area contributed by atoms with Gasteiger partial charge in [0.25, 0.3) is 11.8 Å². The standard InChI is InChI=1S/C25H23N3O2S/c1-4-16-15(3)31-25(22(16)23(26)29)28-24(30)19-13-21(17-10-6-5-9-14(17)2)27-20-12-8-7-11-18(19)20/h5-13H,4H2,1-3H3,(H2,26,29)(H,28,30). The average Bonchev–Trinajstić information content (AvgIpc) is 3.08. The van der Waals surface area contributed by atoms with Crippen LogP contribution in [0, 0.1) is 13.8 Å². The summed E-state index contributed by atoms with van der Waals surface area (Å²) >= 11 is 1.38. The number of thiophene rings is 1. The molecule has 2 amide bonds. The summed E-state index contributed by atoms with van der Waals surface area (Å²) in [5, 5.41) is 4.18. The number of anilines is 1. The highest BCUT2D eigenvalue weighted by molar-refractivity contribution is 7.16. The number of nitrogens with one attached hydrogen (secondary N) is 1. The number of aryl methyl sites for hydroxylation is 2. The van der Waals surface area contributed by atoms with Gasteiger partial charge < -0.3 is 11.1 Å². The summed E-state index contributed by atoms with van der Waals surface area (Å²) < 4.78 is 0. The molecule has 156 valence electrons. The number of hydrogen-bond acceptors (Lipinski definition) is 4. The number of carbonyl (C=O) groups is 2. The van der Waals surface area contributed by atoms with Crippen LogP contribution in [-0.4, -0.2) is 16.8 Å². The Hall–Kier alpha value is -3.51. The van der Waals surface area contributed by atoms with E-state index in [9.17, 15) is 9.59 Å². The Labute approximate surface area is 184 Å². The molecular formula is C25H23N3O2S. The molecule has 0 aliphatic heterocycles. The number of amides is 2. The summed E-state index contributed by atoms with van der Waals surface area (Å²) in [6.45, 7) is 5.92. The third-order valence-corrected chi connectivity index (χ3v) is 6.48. The Bertz CT molecular complexity index is 1320. The minimum atomic E-state index is -0.531. The van der Waals surface area contributed by atoms with E-state index in [4.69, 9.17) is 10.7 Å². The molecule has 5 nitrogen and oxygen atoms in total. The van der Waals surface area contributed by atoms with Gasteiger partial charge in [-0.05, 0) is 43.5 Å². The van der Waals surface area contributed by atoms with E-state index in [-0.39, 0.29) is 5.91 Å². The van der Waals surface area contributed by atoms with Crippen LogP contribution >= 0.6 is 11.3 Å². The Morgan fingerprint density at radius 3 is 2.48 bits per heavy atom. The van der Waals surface area contributed by atoms with Crippen molar-refractivity contribution in [3.63, 3.8) is 0 Å². The molecule has 2 heterocycles. The average molecular weight is 430 g/mol. The Morgan fingerprint density at radius 2 is 1.77 bits per heavy atom. The number of pyridine rings is 1. The van der Waals surface area contributed by atoms with Crippen molar-refractivity contribution >= 4 is 39.1 Å². The van der Waals surface area contributed by atoms with Crippen LogP contribution in [0.25, 0.3) is 22.2 Å². The van der Waals surface area contributed by atoms with Crippen molar-refractivity contribution in [3.05, 3.63) is 81.7 Å². The molecule has 0 atom stereocenters. The van der Waals surface area contributed by atoms with E-state index >= 15 is 0 Å². The molecular weight excluding hydrogens is 406 g/mol. The van der Waals surface area contributed by atoms with Crippen molar-refractivity contribution in [2.24, 2.45) is 5.73 Å². The first-order valence-electron chi connectivity index (χ1n) is 10.1. The highest BCUT2D eigenvalue weighted by atomic mass is 32.1. The zero-order valence-corrected chi connectivity index (χ0v) is 18.5. The topological polar surface area (TPSA) is 85.1 Å². The zero-order valence-electron chi connectivity index (χ0n) is 17.7. The third-order valence-electron chi connectivity index (χ3n) is 5.42. The van der Waals surface area contributed by atoms with E-state index in [2.05, 4.69) is 5.32 Å². The van der Waals surface area contributed by atoms with Crippen LogP contribution in [0.1, 0.15) is 43.6 Å². The molecule has 0 bridgehead atoms. The van der Waals surface area contributed by atoms with Crippen LogP contribution < -0.4 is 11.1 Å². The van der Waals surface area contributed by atoms with Gasteiger partial charge in [-0.1, -0.05) is 49.4 Å². The summed E-state index contributed by atoms with van der Waals surface area (Å²) in [7, 11) is 0. The number of nitrogens with two attached hydrogens (primary N) is 1. The molecule has 2 aromatic carbocycles. The van der Waals surface area contributed by atoms with E-state index in [1.54, 1.807) is 0 Å². The van der Waals surface area contributed by atoms with E-state index in [0.717, 1.165) is 38.2 Å². The maximum Gasteiger partial charge on any atom is 0.257 e. The van der Waals surface area contributed by atoms with Gasteiger partial charge in [-0.25, -0.2) is 4.98 Å². The van der Waals surface area contributed by atoms with Crippen LogP contribution in [0.15, 0.2) is 54.6 Å². The van der Waals surface area contributed by atoms with Gasteiger partial charge in [-0.3, -0.25) is 9.59 Å². The number of rotatable bonds is 5. The first-order valence-corrected chi connectivity index (χ1v) is 10.9. The second-order valence-corrected chi connectivity index (χ2v) is 8.62. The van der Waals surface area contributed by atoms with E-state index in [0.29, 0.717) is 22.5 Å². The lowest BCUT2D eigenvalue weighted by atomic mass is 10.0. The molecule has 0 saturated heterocycles. The maximum absolute atomic E-state index is 13.4. The summed E-state index contributed by atoms with van der Waals surface area (Å²) in [6.07, 6.45) is 0.673. The van der Waals surface area contributed by atoms with Gasteiger partial charge in [-0.2, -0.15) is 0 Å². The lowest BCUT2D eigenvalue weighted by Crippen LogP contribution is -2.18. The number of hydrogen-bond donors (Lipinski definition) is 2. The van der Waals surface area contributed by atoms with Gasteiger partial charge in [0.05, 0.1) is 22.3 Å². The molecule has 0 spiro atoms. The second kappa shape index (κ2) is 8.32. The number of para-hydroxylation sites is 1. The number of aromatic nitrogens is 1. The summed E-state index contributed by atoms with van der Waals surface area (Å²) in [4.78, 5) is 31.2. The Kier molecular flexibility index (Phi) is 5.57. The minimum absolute atomic E-state index is 0.292. The number of primary amides is 1. The van der Waals surface area contributed by atoms with Crippen LogP contribution in [-0.2, 0) is 6.42 Å². The summed E-state index contributed by atoms with van der Waals surface area (Å²) in [5.74, 6) is -0.823. The monoisotopic (exact) mass is 429 g/mol. The van der Waals surface area contributed by atoms with Crippen molar-refractivity contribution in [3.8, 4) is 11.3 Å². The van der Waals surface area contributed by atoms with E-state index in [1.165, 1.54) is 11.3 Å². The number of nitrogens with zero attached hydrogens (tertiary/aromatic N) is 1. The van der Waals surface area contributed by atoms with Crippen LogP contribution in [0.2, 0.25) is 0 Å². The highest BCUT2D eigenvalue weighted by Crippen LogP contribution is 2.34. The Morgan fingerprint density at radius 1 is 1.06 bits per heavy atom. The van der Waals surface area contributed by atoms with Gasteiger partial charge >= 0.3 is 0 Å². The molecule has 0 aliphatic carbocycles. The molecule has 31 heavy (non-hydrogen) atoms. The molecule has 3 N–H and O–H groups in total. The van der Waals surface area contributed by atoms with Gasteiger partial charge in [0.15, 0.2) is 0 Å². The van der Waals surface area contributed by atoms with Gasteiger partial charge in [0.1, 0.15) is 5.00 Å². The van der Waals surface area contributed by atoms with Gasteiger partial charge in [-0.15, -0.1) is 11.3 Å². The van der Waals surface area contributed by atoms with E-state index in [1.807, 2.05) is 75.4 Å². The number of fused-ring (bicyclic) bond motifs is 1. The zero-order chi connectivity index (χ0) is 22.1. The van der Waals surface area contributed by atoms with Crippen molar-refractivity contribution < 1.29 is 9.59 Å². The Balaban J connectivity index is 1.84. The molecule has 4 aromatic rings. The molecule has 0 aliphatic rings. The van der Waals surface area contributed by atoms with Crippen LogP contribution in [0.3, 0.4) is 0 Å². The molecule has 0 fully saturated rings. The summed E-state index contributed by atoms with van der Waals surface area (Å²) in [6, 6.07) is 17.3. The predicted molar refractivity (Wildman–Crippen MR) is 127 cm³/mol. The fourth-order valence-corrected chi connectivity index (χ4v) is 5.03. The normalized spacial score (nSPS) is 10.9. The lowest BCUT2D eigenvalue weighted by molar-refractivity contribution is 0.100. The van der Waals surface area contributed by atoms with Crippen LogP contribution in [0.4, 0.5) is 5.00 Å². The fourth-order valence-electron chi connectivity index (χ4n) is 3.89. The smallest absolute Gasteiger partial charge is 0.257 e. The molecule has 0 unspecified atom stereocenters. The maximum atomic E-state index is 13.4. The second-order valence-electron chi connectivity index (χ2n) is 7.40. The number of carbonyl (C=O) groups excluding carboxylic acids is 2. The first kappa shape index (κ1) is 20.8. The first-order chi connectivity index (χ1) is 14.9. The largest absolute Gasteiger partial charge is 0.365 e. The molecule has 0 saturated carbocycles. The highest BCUT2D eigenvalue weighted by Gasteiger charge is 2.22. The molecule has 6 heteroatoms. The lowest BCUT2D eigenvalue weighted by Gasteiger charge is -2.12. The fraction of sp³-hybridized carbons (Fsp3) is 0.160. The predicted octanol–water partition coefficient (Wildman–Crippen LogP) is 5.49. The van der Waals surface area contributed by atoms with Crippen molar-refractivity contribution in [2.75, 3.05) is 5.32 Å². The number of benzene rings is 2. The van der Waals surface area contributed by atoms with Gasteiger partial charge in [0, 0.05) is 15.8 Å². The van der Waals surface area contributed by atoms with E-state index < -0.39 is 5.91 Å². The molecule has 4 rings (SSSR count). The van der Waals surface area contributed by atoms with Crippen LogP contribution in [0.5, 0.6) is 0 Å². The third kappa shape index (κ3) is 3.82. The van der Waals surface area contributed by atoms with Crippen molar-refractivity contribution in [1.29, 1.82) is 0 Å². The minimum Gasteiger partial charge on any atom is -0.365 e. The van der Waals surface area contributed by atoms with Crippen molar-refractivity contribution in [2.45, 2.75) is 27.2 Å². The van der Waals surface area contributed by atoms with Crippen molar-refractivity contribution in [1.82, 2.24) is 4.98 Å². The molecule has 0 radical (unpaired) electrons. The summed E-state index contributed by atoms with van der Waals surface area (Å²) in [5.41, 5.74) is 10.9. The van der Waals surface area contributed by atoms with Gasteiger partial charge in [0.2, 0.25) is 0 Å². The molecule has 2 aromatic heterocycles.